The molecule has 0 rings (SSSR count). The van der Waals surface area contributed by atoms with Crippen LogP contribution in [0.25, 0.3) is 0 Å². The number of nitrogens with one attached hydrogen (secondary N) is 3. The normalized spacial score (nSPS) is 15.7. The van der Waals surface area contributed by atoms with E-state index in [9.17, 15) is 29.1 Å². The molecule has 0 aliphatic heterocycles. The van der Waals surface area contributed by atoms with Gasteiger partial charge in [0.15, 0.2) is 0 Å². The molecule has 8 N–H and O–H groups in total. The Bertz CT molecular complexity index is 675. The van der Waals surface area contributed by atoms with Gasteiger partial charge in [0.25, 0.3) is 0 Å². The van der Waals surface area contributed by atoms with Gasteiger partial charge in [0.1, 0.15) is 18.1 Å². The van der Waals surface area contributed by atoms with Gasteiger partial charge in [0.05, 0.1) is 6.04 Å². The number of thiol groups is 1. The van der Waals surface area contributed by atoms with Crippen molar-refractivity contribution in [3.8, 4) is 0 Å². The summed E-state index contributed by atoms with van der Waals surface area (Å²) in [6.45, 7) is 7.19. The number of amides is 4. The van der Waals surface area contributed by atoms with Crippen molar-refractivity contribution in [3.05, 3.63) is 0 Å². The molecule has 0 saturated carbocycles. The van der Waals surface area contributed by atoms with Crippen LogP contribution in [-0.4, -0.2) is 64.6 Å². The van der Waals surface area contributed by atoms with E-state index in [-0.39, 0.29) is 36.9 Å². The second-order valence-electron chi connectivity index (χ2n) is 8.26. The van der Waals surface area contributed by atoms with Crippen LogP contribution in [0.2, 0.25) is 0 Å². The van der Waals surface area contributed by atoms with Gasteiger partial charge in [-0.15, -0.1) is 0 Å². The van der Waals surface area contributed by atoms with Crippen molar-refractivity contribution < 1.29 is 29.1 Å². The SMILES string of the molecule is CCC(C)C(NC(=O)C(CC(C)C)NC(=O)C(CCC(N)=O)NC(=O)C(N)CS)C(=O)O. The van der Waals surface area contributed by atoms with Crippen molar-refractivity contribution in [2.24, 2.45) is 23.3 Å². The van der Waals surface area contributed by atoms with Crippen molar-refractivity contribution in [3.63, 3.8) is 0 Å². The molecular formula is C20H37N5O6S. The third-order valence-electron chi connectivity index (χ3n) is 4.96. The molecule has 0 aromatic heterocycles. The minimum Gasteiger partial charge on any atom is -0.480 e. The second kappa shape index (κ2) is 14.7. The molecule has 0 bridgehead atoms. The van der Waals surface area contributed by atoms with Crippen LogP contribution in [0.4, 0.5) is 0 Å². The summed E-state index contributed by atoms with van der Waals surface area (Å²) in [5.74, 6) is -4.11. The Kier molecular flexibility index (Phi) is 13.6. The monoisotopic (exact) mass is 475 g/mol. The summed E-state index contributed by atoms with van der Waals surface area (Å²) in [6.07, 6.45) is 0.500. The Morgan fingerprint density at radius 2 is 1.47 bits per heavy atom. The molecule has 0 spiro atoms. The predicted octanol–water partition coefficient (Wildman–Crippen LogP) is -0.860. The first-order valence-corrected chi connectivity index (χ1v) is 11.3. The Morgan fingerprint density at radius 3 is 1.91 bits per heavy atom. The van der Waals surface area contributed by atoms with Crippen molar-refractivity contribution >= 4 is 42.2 Å². The highest BCUT2D eigenvalue weighted by atomic mass is 32.1. The van der Waals surface area contributed by atoms with Gasteiger partial charge in [0.2, 0.25) is 23.6 Å². The topological polar surface area (TPSA) is 194 Å². The lowest BCUT2D eigenvalue weighted by atomic mass is 9.97. The molecule has 0 aromatic carbocycles. The van der Waals surface area contributed by atoms with Crippen molar-refractivity contribution in [1.82, 2.24) is 16.0 Å². The Balaban J connectivity index is 5.56. The van der Waals surface area contributed by atoms with E-state index in [4.69, 9.17) is 11.5 Å². The molecule has 0 heterocycles. The number of hydrogen-bond donors (Lipinski definition) is 7. The van der Waals surface area contributed by atoms with Crippen molar-refractivity contribution in [1.29, 1.82) is 0 Å². The average molecular weight is 476 g/mol. The lowest BCUT2D eigenvalue weighted by Gasteiger charge is -2.27. The van der Waals surface area contributed by atoms with Gasteiger partial charge in [-0.3, -0.25) is 19.2 Å². The van der Waals surface area contributed by atoms with Crippen molar-refractivity contribution in [2.75, 3.05) is 5.75 Å². The zero-order chi connectivity index (χ0) is 25.0. The van der Waals surface area contributed by atoms with Gasteiger partial charge in [-0.05, 0) is 24.7 Å². The highest BCUT2D eigenvalue weighted by molar-refractivity contribution is 7.80. The molecule has 0 saturated heterocycles. The fourth-order valence-electron chi connectivity index (χ4n) is 2.83. The van der Waals surface area contributed by atoms with Crippen LogP contribution < -0.4 is 27.4 Å². The molecule has 32 heavy (non-hydrogen) atoms. The molecule has 11 nitrogen and oxygen atoms in total. The minimum atomic E-state index is -1.17. The standard InChI is InChI=1S/C20H37N5O6S/c1-5-11(4)16(20(30)31)25-19(29)14(8-10(2)3)24-18(28)13(6-7-15(22)26)23-17(27)12(21)9-32/h10-14,16,32H,5-9,21H2,1-4H3,(H2,22,26)(H,23,27)(H,24,28)(H,25,29)(H,30,31). The van der Waals surface area contributed by atoms with Gasteiger partial charge in [-0.25, -0.2) is 4.79 Å². The lowest BCUT2D eigenvalue weighted by molar-refractivity contribution is -0.144. The van der Waals surface area contributed by atoms with Crippen LogP contribution in [0.15, 0.2) is 0 Å². The van der Waals surface area contributed by atoms with Crippen LogP contribution in [0.5, 0.6) is 0 Å². The zero-order valence-corrected chi connectivity index (χ0v) is 20.0. The number of hydrogen-bond acceptors (Lipinski definition) is 7. The lowest BCUT2D eigenvalue weighted by Crippen LogP contribution is -2.58. The van der Waals surface area contributed by atoms with Crippen LogP contribution in [0.3, 0.4) is 0 Å². The third-order valence-corrected chi connectivity index (χ3v) is 5.36. The molecule has 5 atom stereocenters. The molecule has 0 fully saturated rings. The van der Waals surface area contributed by atoms with Gasteiger partial charge < -0.3 is 32.5 Å². The maximum Gasteiger partial charge on any atom is 0.326 e. The number of aliphatic carboxylic acids is 1. The van der Waals surface area contributed by atoms with E-state index in [1.807, 2.05) is 20.8 Å². The van der Waals surface area contributed by atoms with E-state index >= 15 is 0 Å². The number of primary amides is 1. The average Bonchev–Trinajstić information content (AvgIpc) is 2.71. The molecule has 0 aliphatic carbocycles. The fraction of sp³-hybridized carbons (Fsp3) is 0.750. The summed E-state index contributed by atoms with van der Waals surface area (Å²) in [5, 5.41) is 16.9. The van der Waals surface area contributed by atoms with Crippen LogP contribution in [0, 0.1) is 11.8 Å². The first kappa shape index (κ1) is 29.7. The predicted molar refractivity (Wildman–Crippen MR) is 123 cm³/mol. The summed E-state index contributed by atoms with van der Waals surface area (Å²) in [7, 11) is 0. The number of carboxylic acid groups (broad SMARTS) is 1. The molecule has 5 unspecified atom stereocenters. The summed E-state index contributed by atoms with van der Waals surface area (Å²) in [6, 6.07) is -4.28. The number of rotatable bonds is 15. The summed E-state index contributed by atoms with van der Waals surface area (Å²) in [4.78, 5) is 60.6. The van der Waals surface area contributed by atoms with Crippen molar-refractivity contribution in [2.45, 2.75) is 77.5 Å². The second-order valence-corrected chi connectivity index (χ2v) is 8.62. The highest BCUT2D eigenvalue weighted by Crippen LogP contribution is 2.11. The number of carbonyl (C=O) groups excluding carboxylic acids is 4. The Hall–Kier alpha value is -2.34. The zero-order valence-electron chi connectivity index (χ0n) is 19.1. The third kappa shape index (κ3) is 10.8. The maximum atomic E-state index is 12.9. The molecule has 0 aromatic rings. The summed E-state index contributed by atoms with van der Waals surface area (Å²) < 4.78 is 0. The molecule has 0 radical (unpaired) electrons. The van der Waals surface area contributed by atoms with E-state index in [2.05, 4.69) is 28.6 Å². The van der Waals surface area contributed by atoms with Crippen LogP contribution >= 0.6 is 12.6 Å². The van der Waals surface area contributed by atoms with E-state index in [0.717, 1.165) is 0 Å². The number of nitrogens with two attached hydrogens (primary N) is 2. The fourth-order valence-corrected chi connectivity index (χ4v) is 3.00. The smallest absolute Gasteiger partial charge is 0.326 e. The first-order chi connectivity index (χ1) is 14.8. The molecular weight excluding hydrogens is 438 g/mol. The Morgan fingerprint density at radius 1 is 0.938 bits per heavy atom. The van der Waals surface area contributed by atoms with Crippen LogP contribution in [0.1, 0.15) is 53.4 Å². The molecule has 12 heteroatoms. The van der Waals surface area contributed by atoms with Gasteiger partial charge in [-0.1, -0.05) is 34.1 Å². The Labute approximate surface area is 194 Å². The van der Waals surface area contributed by atoms with E-state index in [1.54, 1.807) is 6.92 Å². The van der Waals surface area contributed by atoms with E-state index < -0.39 is 53.8 Å². The minimum absolute atomic E-state index is 0.00538. The molecule has 4 amide bonds. The van der Waals surface area contributed by atoms with Gasteiger partial charge >= 0.3 is 5.97 Å². The van der Waals surface area contributed by atoms with Gasteiger partial charge in [-0.2, -0.15) is 12.6 Å². The quantitative estimate of drug-likeness (QED) is 0.150. The molecule has 0 aliphatic rings. The molecule has 184 valence electrons. The number of carboxylic acids is 1. The summed E-state index contributed by atoms with van der Waals surface area (Å²) >= 11 is 3.95. The van der Waals surface area contributed by atoms with Crippen LogP contribution in [-0.2, 0) is 24.0 Å². The first-order valence-electron chi connectivity index (χ1n) is 10.6. The van der Waals surface area contributed by atoms with E-state index in [0.29, 0.717) is 6.42 Å². The largest absolute Gasteiger partial charge is 0.480 e. The summed E-state index contributed by atoms with van der Waals surface area (Å²) in [5.41, 5.74) is 10.8. The number of carbonyl (C=O) groups is 5. The maximum absolute atomic E-state index is 12.9. The van der Waals surface area contributed by atoms with Gasteiger partial charge in [0, 0.05) is 12.2 Å². The van der Waals surface area contributed by atoms with E-state index in [1.165, 1.54) is 0 Å². The highest BCUT2D eigenvalue weighted by Gasteiger charge is 2.32.